The maximum atomic E-state index is 12.1. The van der Waals surface area contributed by atoms with E-state index in [0.29, 0.717) is 6.42 Å². The van der Waals surface area contributed by atoms with Gasteiger partial charge in [-0.3, -0.25) is 4.79 Å². The minimum absolute atomic E-state index is 0.0596. The summed E-state index contributed by atoms with van der Waals surface area (Å²) in [5.41, 5.74) is 0. The van der Waals surface area contributed by atoms with Crippen molar-refractivity contribution >= 4 is 22.3 Å². The van der Waals surface area contributed by atoms with E-state index in [0.717, 1.165) is 29.1 Å². The van der Waals surface area contributed by atoms with Gasteiger partial charge in [-0.2, -0.15) is 0 Å². The van der Waals surface area contributed by atoms with Crippen LogP contribution in [0.5, 0.6) is 0 Å². The Bertz CT molecular complexity index is 440. The molecule has 0 aromatic heterocycles. The number of ether oxygens (including phenoxy) is 1. The van der Waals surface area contributed by atoms with Crippen molar-refractivity contribution < 1.29 is 9.53 Å². The zero-order valence-corrected chi connectivity index (χ0v) is 28.1. The summed E-state index contributed by atoms with van der Waals surface area (Å²) in [6.07, 6.45) is 40.3. The summed E-state index contributed by atoms with van der Waals surface area (Å²) in [5, 5.41) is 0. The zero-order valence-electron chi connectivity index (χ0n) is 26.1. The quantitative estimate of drug-likeness (QED) is 0.0500. The Kier molecular flexibility index (Phi) is 32.2. The smallest absolute Gasteiger partial charge is 0.304 e. The largest absolute Gasteiger partial charge is 0.480 e. The van der Waals surface area contributed by atoms with Crippen molar-refractivity contribution in [2.75, 3.05) is 0 Å². The standard InChI is InChI=1S/C34H67O2.Al.2H/c1-3-5-7-9-11-13-15-17-19-20-22-24-26-28-30-32-34(35)36-33-31-29-27-25-23-21-18-16-14-12-10-8-6-4-2;;;/h33H,3-32H2,1-2H3;;;. The first-order valence-electron chi connectivity index (χ1n) is 17.4. The lowest BCUT2D eigenvalue weighted by atomic mass is 10.0. The SMILES string of the molecule is CCCCCCCCCCCCCCCCCC(=O)O[CH]([AlH2])CCCCCCCCCCCCCCC. The van der Waals surface area contributed by atoms with Crippen molar-refractivity contribution in [2.45, 2.75) is 211 Å². The molecule has 2 nitrogen and oxygen atoms in total. The first-order chi connectivity index (χ1) is 18.2. The van der Waals surface area contributed by atoms with Gasteiger partial charge < -0.3 is 4.74 Å². The van der Waals surface area contributed by atoms with Crippen LogP contribution in [-0.2, 0) is 9.53 Å². The van der Waals surface area contributed by atoms with Crippen molar-refractivity contribution in [1.82, 2.24) is 0 Å². The van der Waals surface area contributed by atoms with Crippen molar-refractivity contribution in [2.24, 2.45) is 0 Å². The molecular formula is C34H69AlO2. The zero-order chi connectivity index (χ0) is 27.1. The van der Waals surface area contributed by atoms with Crippen molar-refractivity contribution in [3.05, 3.63) is 0 Å². The second-order valence-electron chi connectivity index (χ2n) is 12.0. The average Bonchev–Trinajstić information content (AvgIpc) is 2.89. The molecule has 0 aliphatic rings. The van der Waals surface area contributed by atoms with Gasteiger partial charge in [0.15, 0.2) is 0 Å². The van der Waals surface area contributed by atoms with Gasteiger partial charge in [-0.1, -0.05) is 187 Å². The van der Waals surface area contributed by atoms with E-state index >= 15 is 0 Å². The number of hydrogen-bond donors (Lipinski definition) is 0. The number of hydrogen-bond acceptors (Lipinski definition) is 2. The van der Waals surface area contributed by atoms with Crippen LogP contribution in [-0.4, -0.2) is 27.2 Å². The van der Waals surface area contributed by atoms with Crippen LogP contribution in [0.3, 0.4) is 0 Å². The molecule has 0 saturated carbocycles. The molecule has 0 amide bonds. The molecule has 3 heteroatoms. The molecule has 1 atom stereocenters. The van der Waals surface area contributed by atoms with Crippen molar-refractivity contribution in [3.63, 3.8) is 0 Å². The highest BCUT2D eigenvalue weighted by atomic mass is 27.0. The monoisotopic (exact) mass is 537 g/mol. The lowest BCUT2D eigenvalue weighted by molar-refractivity contribution is -0.145. The van der Waals surface area contributed by atoms with Crippen LogP contribution >= 0.6 is 0 Å². The van der Waals surface area contributed by atoms with E-state index in [1.54, 1.807) is 0 Å². The van der Waals surface area contributed by atoms with E-state index in [9.17, 15) is 4.79 Å². The lowest BCUT2D eigenvalue weighted by Gasteiger charge is -2.13. The fraction of sp³-hybridized carbons (Fsp3) is 0.971. The van der Waals surface area contributed by atoms with Gasteiger partial charge in [-0.25, -0.2) is 0 Å². The van der Waals surface area contributed by atoms with Gasteiger partial charge in [0.1, 0.15) is 0 Å². The fourth-order valence-corrected chi connectivity index (χ4v) is 6.10. The second kappa shape index (κ2) is 32.2. The molecular weight excluding hydrogens is 467 g/mol. The molecule has 0 heterocycles. The predicted octanol–water partition coefficient (Wildman–Crippen LogP) is 11.2. The molecule has 220 valence electrons. The summed E-state index contributed by atoms with van der Waals surface area (Å²) in [6, 6.07) is 0. The van der Waals surface area contributed by atoms with E-state index in [-0.39, 0.29) is 10.9 Å². The van der Waals surface area contributed by atoms with Gasteiger partial charge >= 0.3 is 5.97 Å². The Labute approximate surface area is 242 Å². The van der Waals surface area contributed by atoms with Crippen molar-refractivity contribution in [1.29, 1.82) is 0 Å². The highest BCUT2D eigenvalue weighted by Gasteiger charge is 2.09. The summed E-state index contributed by atoms with van der Waals surface area (Å²) < 4.78 is 5.70. The summed E-state index contributed by atoms with van der Waals surface area (Å²) in [7, 11) is 0. The lowest BCUT2D eigenvalue weighted by Crippen LogP contribution is -2.18. The molecule has 0 aromatic rings. The van der Waals surface area contributed by atoms with Crippen LogP contribution in [0.2, 0.25) is 0 Å². The van der Waals surface area contributed by atoms with E-state index in [2.05, 4.69) is 13.8 Å². The number of carbonyl (C=O) groups excluding carboxylic acids is 1. The molecule has 0 bridgehead atoms. The van der Waals surface area contributed by atoms with Crippen LogP contribution in [0.15, 0.2) is 0 Å². The van der Waals surface area contributed by atoms with E-state index in [1.165, 1.54) is 173 Å². The first-order valence-corrected chi connectivity index (χ1v) is 18.6. The minimum Gasteiger partial charge on any atom is -0.480 e. The van der Waals surface area contributed by atoms with E-state index in [1.807, 2.05) is 0 Å². The second-order valence-corrected chi connectivity index (χ2v) is 13.3. The molecule has 0 spiro atoms. The van der Waals surface area contributed by atoms with Gasteiger partial charge in [-0.15, -0.1) is 0 Å². The summed E-state index contributed by atoms with van der Waals surface area (Å²) in [6.45, 7) is 4.58. The Hall–Kier alpha value is 0.00247. The molecule has 0 rings (SSSR count). The molecule has 0 radical (unpaired) electrons. The summed E-state index contributed by atoms with van der Waals surface area (Å²) in [4.78, 5) is 12.4. The Morgan fingerprint density at radius 3 is 1.05 bits per heavy atom. The van der Waals surface area contributed by atoms with Crippen molar-refractivity contribution in [3.8, 4) is 0 Å². The summed E-state index contributed by atoms with van der Waals surface area (Å²) in [5.74, 6) is 0.0596. The first kappa shape index (κ1) is 37.0. The fourth-order valence-electron chi connectivity index (χ4n) is 5.43. The topological polar surface area (TPSA) is 26.3 Å². The van der Waals surface area contributed by atoms with Crippen LogP contribution in [0.4, 0.5) is 0 Å². The number of unbranched alkanes of at least 4 members (excludes halogenated alkanes) is 26. The third kappa shape index (κ3) is 32.1. The molecule has 1 unspecified atom stereocenters. The highest BCUT2D eigenvalue weighted by molar-refractivity contribution is 6.11. The third-order valence-electron chi connectivity index (χ3n) is 8.03. The molecule has 37 heavy (non-hydrogen) atoms. The van der Waals surface area contributed by atoms with Crippen LogP contribution in [0.1, 0.15) is 206 Å². The molecule has 0 saturated heterocycles. The average molecular weight is 537 g/mol. The molecule has 0 aliphatic heterocycles. The van der Waals surface area contributed by atoms with Gasteiger partial charge in [-0.05, 0) is 12.8 Å². The predicted molar refractivity (Wildman–Crippen MR) is 168 cm³/mol. The van der Waals surface area contributed by atoms with Crippen LogP contribution < -0.4 is 0 Å². The van der Waals surface area contributed by atoms with Gasteiger partial charge in [0.25, 0.3) is 16.3 Å². The Morgan fingerprint density at radius 1 is 0.459 bits per heavy atom. The maximum absolute atomic E-state index is 12.1. The number of rotatable bonds is 31. The van der Waals surface area contributed by atoms with Crippen LogP contribution in [0, 0.1) is 0 Å². The minimum atomic E-state index is 0.0596. The van der Waals surface area contributed by atoms with E-state index < -0.39 is 0 Å². The molecule has 0 N–H and O–H groups in total. The molecule has 0 aromatic carbocycles. The normalized spacial score (nSPS) is 12.2. The molecule has 0 fully saturated rings. The number of esters is 1. The number of carbonyl (C=O) groups is 1. The maximum Gasteiger partial charge on any atom is 0.304 e. The van der Waals surface area contributed by atoms with E-state index in [4.69, 9.17) is 4.74 Å². The third-order valence-corrected chi connectivity index (χ3v) is 8.84. The Morgan fingerprint density at radius 2 is 0.730 bits per heavy atom. The van der Waals surface area contributed by atoms with Gasteiger partial charge in [0.05, 0.1) is 0 Å². The Balaban J connectivity index is 3.27. The van der Waals surface area contributed by atoms with Crippen LogP contribution in [0.25, 0.3) is 0 Å². The van der Waals surface area contributed by atoms with Gasteiger partial charge in [0, 0.05) is 11.4 Å². The van der Waals surface area contributed by atoms with Gasteiger partial charge in [0.2, 0.25) is 0 Å². The highest BCUT2D eigenvalue weighted by Crippen LogP contribution is 2.15. The summed E-state index contributed by atoms with van der Waals surface area (Å²) >= 11 is 0.976. The molecule has 0 aliphatic carbocycles.